The molecular weight excluding hydrogens is 376 g/mol. The number of benzene rings is 2. The van der Waals surface area contributed by atoms with Crippen LogP contribution in [0.15, 0.2) is 36.4 Å². The molecule has 2 aliphatic carbocycles. The number of phenols is 1. The normalized spacial score (nSPS) is 26.9. The number of aromatic hydroxyl groups is 1. The Hall–Kier alpha value is -2.36. The zero-order valence-electron chi connectivity index (χ0n) is 18.1. The second kappa shape index (κ2) is 7.40. The fraction of sp³-hybridized carbons (Fsp3) is 0.538. The van der Waals surface area contributed by atoms with Gasteiger partial charge in [-0.1, -0.05) is 31.7 Å². The predicted molar refractivity (Wildman–Crippen MR) is 117 cm³/mol. The lowest BCUT2D eigenvalue weighted by Gasteiger charge is -2.58. The third-order valence-corrected chi connectivity index (χ3v) is 7.94. The molecule has 1 spiro atoms. The SMILES string of the molecule is COc1ccc(C23CCCCC2C2(CCCCC2)c2ccc(OC)cc2O3)c(O)c1. The molecule has 2 saturated carbocycles. The van der Waals surface area contributed by atoms with Crippen molar-refractivity contribution in [1.82, 2.24) is 0 Å². The largest absolute Gasteiger partial charge is 0.507 e. The van der Waals surface area contributed by atoms with Crippen LogP contribution >= 0.6 is 0 Å². The van der Waals surface area contributed by atoms with E-state index in [2.05, 4.69) is 18.2 Å². The molecule has 1 heterocycles. The Balaban J connectivity index is 1.73. The molecule has 160 valence electrons. The van der Waals surface area contributed by atoms with Crippen LogP contribution in [0, 0.1) is 5.92 Å². The summed E-state index contributed by atoms with van der Waals surface area (Å²) in [6.07, 6.45) is 10.6. The van der Waals surface area contributed by atoms with E-state index < -0.39 is 5.60 Å². The molecule has 0 saturated heterocycles. The summed E-state index contributed by atoms with van der Waals surface area (Å²) < 4.78 is 17.8. The molecule has 0 radical (unpaired) electrons. The van der Waals surface area contributed by atoms with Crippen molar-refractivity contribution in [2.75, 3.05) is 14.2 Å². The molecule has 0 bridgehead atoms. The highest BCUT2D eigenvalue weighted by molar-refractivity contribution is 5.52. The van der Waals surface area contributed by atoms with Crippen LogP contribution in [-0.4, -0.2) is 19.3 Å². The number of hydrogen-bond acceptors (Lipinski definition) is 4. The van der Waals surface area contributed by atoms with Crippen LogP contribution in [0.4, 0.5) is 0 Å². The summed E-state index contributed by atoms with van der Waals surface area (Å²) in [7, 11) is 3.34. The summed E-state index contributed by atoms with van der Waals surface area (Å²) >= 11 is 0. The van der Waals surface area contributed by atoms with Gasteiger partial charge < -0.3 is 19.3 Å². The quantitative estimate of drug-likeness (QED) is 0.668. The molecule has 2 aromatic carbocycles. The van der Waals surface area contributed by atoms with Crippen molar-refractivity contribution < 1.29 is 19.3 Å². The number of hydrogen-bond donors (Lipinski definition) is 1. The van der Waals surface area contributed by atoms with E-state index in [1.165, 1.54) is 44.1 Å². The fourth-order valence-corrected chi connectivity index (χ4v) is 6.67. The van der Waals surface area contributed by atoms with Crippen molar-refractivity contribution in [2.45, 2.75) is 68.8 Å². The lowest BCUT2D eigenvalue weighted by Crippen LogP contribution is -2.57. The van der Waals surface area contributed by atoms with Crippen LogP contribution in [0.25, 0.3) is 0 Å². The summed E-state index contributed by atoms with van der Waals surface area (Å²) in [5.74, 6) is 3.07. The molecule has 2 atom stereocenters. The van der Waals surface area contributed by atoms with E-state index in [4.69, 9.17) is 14.2 Å². The molecule has 2 fully saturated rings. The van der Waals surface area contributed by atoms with Gasteiger partial charge in [-0.2, -0.15) is 0 Å². The average molecular weight is 409 g/mol. The van der Waals surface area contributed by atoms with Gasteiger partial charge in [0.15, 0.2) is 0 Å². The lowest BCUT2D eigenvalue weighted by atomic mass is 9.51. The van der Waals surface area contributed by atoms with Crippen LogP contribution in [0.5, 0.6) is 23.0 Å². The molecule has 0 amide bonds. The Kier molecular flexibility index (Phi) is 4.83. The molecule has 2 unspecified atom stereocenters. The summed E-state index contributed by atoms with van der Waals surface area (Å²) in [5, 5.41) is 11.1. The third kappa shape index (κ3) is 2.79. The smallest absolute Gasteiger partial charge is 0.141 e. The van der Waals surface area contributed by atoms with E-state index in [0.717, 1.165) is 36.3 Å². The first-order valence-corrected chi connectivity index (χ1v) is 11.4. The van der Waals surface area contributed by atoms with Crippen LogP contribution in [0.3, 0.4) is 0 Å². The fourth-order valence-electron chi connectivity index (χ4n) is 6.67. The standard InChI is InChI=1S/C26H32O4/c1-28-18-9-11-20(22(27)16-18)26-15-7-4-8-24(26)25(13-5-3-6-14-25)21-12-10-19(29-2)17-23(21)30-26/h9-12,16-17,24,27H,3-8,13-15H2,1-2H3. The minimum Gasteiger partial charge on any atom is -0.507 e. The Morgan fingerprint density at radius 3 is 2.20 bits per heavy atom. The molecule has 4 nitrogen and oxygen atoms in total. The van der Waals surface area contributed by atoms with E-state index in [1.807, 2.05) is 12.1 Å². The monoisotopic (exact) mass is 408 g/mol. The van der Waals surface area contributed by atoms with Crippen molar-refractivity contribution in [2.24, 2.45) is 5.92 Å². The molecule has 1 aliphatic heterocycles. The molecule has 0 aromatic heterocycles. The molecule has 5 rings (SSSR count). The Bertz CT molecular complexity index is 931. The van der Waals surface area contributed by atoms with Crippen molar-refractivity contribution in [3.05, 3.63) is 47.5 Å². The Morgan fingerprint density at radius 1 is 0.833 bits per heavy atom. The number of phenolic OH excluding ortho intramolecular Hbond substituents is 1. The molecule has 1 N–H and O–H groups in total. The van der Waals surface area contributed by atoms with E-state index >= 15 is 0 Å². The number of ether oxygens (including phenoxy) is 3. The highest BCUT2D eigenvalue weighted by Gasteiger charge is 2.59. The molecular formula is C26H32O4. The summed E-state index contributed by atoms with van der Waals surface area (Å²) in [6, 6.07) is 12.1. The van der Waals surface area contributed by atoms with Gasteiger partial charge in [-0.05, 0) is 50.3 Å². The molecule has 2 aromatic rings. The average Bonchev–Trinajstić information content (AvgIpc) is 2.79. The van der Waals surface area contributed by atoms with Gasteiger partial charge in [-0.15, -0.1) is 0 Å². The first kappa shape index (κ1) is 19.6. The van der Waals surface area contributed by atoms with Gasteiger partial charge >= 0.3 is 0 Å². The predicted octanol–water partition coefficient (Wildman–Crippen LogP) is 6.09. The van der Waals surface area contributed by atoms with Crippen molar-refractivity contribution in [3.8, 4) is 23.0 Å². The number of rotatable bonds is 3. The second-order valence-electron chi connectivity index (χ2n) is 9.25. The minimum absolute atomic E-state index is 0.102. The highest BCUT2D eigenvalue weighted by Crippen LogP contribution is 2.64. The zero-order valence-corrected chi connectivity index (χ0v) is 18.1. The second-order valence-corrected chi connectivity index (χ2v) is 9.25. The van der Waals surface area contributed by atoms with Crippen LogP contribution < -0.4 is 14.2 Å². The van der Waals surface area contributed by atoms with Gasteiger partial charge in [0.2, 0.25) is 0 Å². The Morgan fingerprint density at radius 2 is 1.50 bits per heavy atom. The lowest BCUT2D eigenvalue weighted by molar-refractivity contribution is -0.0960. The minimum atomic E-state index is -0.509. The third-order valence-electron chi connectivity index (χ3n) is 7.94. The van der Waals surface area contributed by atoms with E-state index in [0.29, 0.717) is 11.7 Å². The zero-order chi connectivity index (χ0) is 20.8. The number of methoxy groups -OCH3 is 2. The summed E-state index contributed by atoms with van der Waals surface area (Å²) in [5.41, 5.74) is 1.85. The van der Waals surface area contributed by atoms with E-state index in [9.17, 15) is 5.11 Å². The topological polar surface area (TPSA) is 47.9 Å². The van der Waals surface area contributed by atoms with E-state index in [-0.39, 0.29) is 11.2 Å². The first-order chi connectivity index (χ1) is 14.6. The van der Waals surface area contributed by atoms with Gasteiger partial charge in [0, 0.05) is 34.6 Å². The van der Waals surface area contributed by atoms with Crippen LogP contribution in [0.2, 0.25) is 0 Å². The van der Waals surface area contributed by atoms with Gasteiger partial charge in [0.1, 0.15) is 28.6 Å². The van der Waals surface area contributed by atoms with Crippen LogP contribution in [0.1, 0.15) is 68.9 Å². The van der Waals surface area contributed by atoms with E-state index in [1.54, 1.807) is 20.3 Å². The van der Waals surface area contributed by atoms with Crippen molar-refractivity contribution >= 4 is 0 Å². The van der Waals surface area contributed by atoms with Crippen molar-refractivity contribution in [3.63, 3.8) is 0 Å². The summed E-state index contributed by atoms with van der Waals surface area (Å²) in [4.78, 5) is 0. The van der Waals surface area contributed by atoms with Crippen molar-refractivity contribution in [1.29, 1.82) is 0 Å². The van der Waals surface area contributed by atoms with Crippen LogP contribution in [-0.2, 0) is 11.0 Å². The van der Waals surface area contributed by atoms with Gasteiger partial charge in [0.05, 0.1) is 14.2 Å². The Labute approximate surface area is 179 Å². The maximum Gasteiger partial charge on any atom is 0.141 e. The van der Waals surface area contributed by atoms with Gasteiger partial charge in [-0.25, -0.2) is 0 Å². The maximum atomic E-state index is 11.1. The number of fused-ring (bicyclic) bond motifs is 4. The molecule has 4 heteroatoms. The molecule has 3 aliphatic rings. The first-order valence-electron chi connectivity index (χ1n) is 11.4. The highest BCUT2D eigenvalue weighted by atomic mass is 16.5. The van der Waals surface area contributed by atoms with Gasteiger partial charge in [0.25, 0.3) is 0 Å². The summed E-state index contributed by atoms with van der Waals surface area (Å²) in [6.45, 7) is 0. The molecule has 30 heavy (non-hydrogen) atoms. The maximum absolute atomic E-state index is 11.1. The van der Waals surface area contributed by atoms with Gasteiger partial charge in [-0.3, -0.25) is 0 Å².